The fourth-order valence-corrected chi connectivity index (χ4v) is 2.20. The van der Waals surface area contributed by atoms with E-state index in [9.17, 15) is 4.39 Å². The lowest BCUT2D eigenvalue weighted by molar-refractivity contribution is -0.0391. The summed E-state index contributed by atoms with van der Waals surface area (Å²) in [4.78, 5) is 8.30. The molecule has 0 atom stereocenters. The Labute approximate surface area is 135 Å². The molecule has 1 aromatic carbocycles. The molecule has 0 N–H and O–H groups in total. The Balaban J connectivity index is 2.11. The number of rotatable bonds is 8. The molecule has 2 rings (SSSR count). The molecule has 0 unspecified atom stereocenters. The van der Waals surface area contributed by atoms with E-state index in [2.05, 4.69) is 9.97 Å². The summed E-state index contributed by atoms with van der Waals surface area (Å²) in [7, 11) is 3.01. The van der Waals surface area contributed by atoms with Gasteiger partial charge in [0.2, 0.25) is 0 Å². The van der Waals surface area contributed by atoms with E-state index in [1.54, 1.807) is 31.6 Å². The summed E-state index contributed by atoms with van der Waals surface area (Å²) in [5.74, 6) is 0.605. The summed E-state index contributed by atoms with van der Waals surface area (Å²) in [5, 5.41) is 0. The van der Waals surface area contributed by atoms with Crippen LogP contribution in [0.3, 0.4) is 0 Å². The molecule has 0 aliphatic carbocycles. The van der Waals surface area contributed by atoms with Crippen molar-refractivity contribution in [2.24, 2.45) is 0 Å². The predicted molar refractivity (Wildman–Crippen MR) is 83.8 cm³/mol. The fourth-order valence-electron chi connectivity index (χ4n) is 2.20. The van der Waals surface area contributed by atoms with Crippen LogP contribution in [0.1, 0.15) is 22.5 Å². The third-order valence-electron chi connectivity index (χ3n) is 3.38. The van der Waals surface area contributed by atoms with Gasteiger partial charge in [-0.05, 0) is 42.5 Å². The van der Waals surface area contributed by atoms with E-state index >= 15 is 0 Å². The standard InChI is InChI=1S/C17H21FN2O3/c1-12-19-8-13(9-20-12)4-5-15-6-14(10-23-11-21-2)7-16(22-3)17(15)18/h6-9H,4-5,10-11H2,1-3H3. The average Bonchev–Trinajstić information content (AvgIpc) is 2.56. The first-order valence-electron chi connectivity index (χ1n) is 7.33. The van der Waals surface area contributed by atoms with Gasteiger partial charge >= 0.3 is 0 Å². The van der Waals surface area contributed by atoms with Crippen LogP contribution >= 0.6 is 0 Å². The normalized spacial score (nSPS) is 10.8. The lowest BCUT2D eigenvalue weighted by atomic mass is 10.0. The maximum absolute atomic E-state index is 14.4. The number of aryl methyl sites for hydroxylation is 3. The van der Waals surface area contributed by atoms with E-state index in [4.69, 9.17) is 14.2 Å². The third kappa shape index (κ3) is 4.97. The minimum atomic E-state index is -0.337. The van der Waals surface area contributed by atoms with Crippen LogP contribution in [-0.2, 0) is 28.9 Å². The Hall–Kier alpha value is -2.05. The minimum Gasteiger partial charge on any atom is -0.494 e. The van der Waals surface area contributed by atoms with Crippen molar-refractivity contribution in [3.05, 3.63) is 52.9 Å². The Bertz CT molecular complexity index is 632. The van der Waals surface area contributed by atoms with Crippen molar-refractivity contribution >= 4 is 0 Å². The van der Waals surface area contributed by atoms with Gasteiger partial charge in [-0.25, -0.2) is 14.4 Å². The summed E-state index contributed by atoms with van der Waals surface area (Å²) in [5.41, 5.74) is 2.39. The number of nitrogens with zero attached hydrogens (tertiary/aromatic N) is 2. The second-order valence-corrected chi connectivity index (χ2v) is 5.16. The Morgan fingerprint density at radius 3 is 2.43 bits per heavy atom. The van der Waals surface area contributed by atoms with Crippen LogP contribution in [0, 0.1) is 12.7 Å². The molecule has 5 nitrogen and oxygen atoms in total. The molecule has 124 valence electrons. The van der Waals surface area contributed by atoms with E-state index < -0.39 is 0 Å². The monoisotopic (exact) mass is 320 g/mol. The number of halogens is 1. The van der Waals surface area contributed by atoms with Crippen LogP contribution in [0.4, 0.5) is 4.39 Å². The van der Waals surface area contributed by atoms with E-state index in [0.717, 1.165) is 17.0 Å². The number of hydrogen-bond donors (Lipinski definition) is 0. The van der Waals surface area contributed by atoms with Gasteiger partial charge in [-0.15, -0.1) is 0 Å². The van der Waals surface area contributed by atoms with Gasteiger partial charge in [0.15, 0.2) is 11.6 Å². The molecule has 0 saturated carbocycles. The molecule has 2 aromatic rings. The summed E-state index contributed by atoms with van der Waals surface area (Å²) < 4.78 is 29.7. The van der Waals surface area contributed by atoms with Crippen molar-refractivity contribution < 1.29 is 18.6 Å². The molecule has 0 saturated heterocycles. The highest BCUT2D eigenvalue weighted by Gasteiger charge is 2.12. The summed E-state index contributed by atoms with van der Waals surface area (Å²) >= 11 is 0. The topological polar surface area (TPSA) is 53.5 Å². The third-order valence-corrected chi connectivity index (χ3v) is 3.38. The number of methoxy groups -OCH3 is 2. The first kappa shape index (κ1) is 17.3. The molecule has 6 heteroatoms. The summed E-state index contributed by atoms with van der Waals surface area (Å²) in [6.45, 7) is 2.36. The van der Waals surface area contributed by atoms with Gasteiger partial charge in [-0.2, -0.15) is 0 Å². The molecule has 0 amide bonds. The van der Waals surface area contributed by atoms with Gasteiger partial charge in [-0.1, -0.05) is 6.07 Å². The van der Waals surface area contributed by atoms with Gasteiger partial charge in [0.1, 0.15) is 12.6 Å². The lowest BCUT2D eigenvalue weighted by Gasteiger charge is -2.11. The highest BCUT2D eigenvalue weighted by atomic mass is 19.1. The molecule has 0 aliphatic heterocycles. The van der Waals surface area contributed by atoms with Crippen LogP contribution in [0.2, 0.25) is 0 Å². The van der Waals surface area contributed by atoms with E-state index in [-0.39, 0.29) is 18.4 Å². The first-order chi connectivity index (χ1) is 11.1. The van der Waals surface area contributed by atoms with Crippen LogP contribution in [0.15, 0.2) is 24.5 Å². The second kappa shape index (κ2) is 8.55. The van der Waals surface area contributed by atoms with Gasteiger partial charge in [0.05, 0.1) is 13.7 Å². The number of benzene rings is 1. The Morgan fingerprint density at radius 2 is 1.78 bits per heavy atom. The van der Waals surface area contributed by atoms with Crippen molar-refractivity contribution in [1.29, 1.82) is 0 Å². The van der Waals surface area contributed by atoms with Crippen molar-refractivity contribution in [2.75, 3.05) is 21.0 Å². The SMILES string of the molecule is COCOCc1cc(CCc2cnc(C)nc2)c(F)c(OC)c1. The summed E-state index contributed by atoms with van der Waals surface area (Å²) in [6, 6.07) is 3.44. The largest absolute Gasteiger partial charge is 0.494 e. The Morgan fingerprint density at radius 1 is 1.04 bits per heavy atom. The van der Waals surface area contributed by atoms with E-state index in [1.165, 1.54) is 7.11 Å². The Kier molecular flexibility index (Phi) is 6.43. The number of aromatic nitrogens is 2. The summed E-state index contributed by atoms with van der Waals surface area (Å²) in [6.07, 6.45) is 4.72. The fraction of sp³-hybridized carbons (Fsp3) is 0.412. The van der Waals surface area contributed by atoms with Gasteiger partial charge in [0.25, 0.3) is 0 Å². The van der Waals surface area contributed by atoms with Gasteiger partial charge in [0, 0.05) is 19.5 Å². The molecule has 0 radical (unpaired) electrons. The zero-order valence-electron chi connectivity index (χ0n) is 13.6. The molecule has 0 aliphatic rings. The van der Waals surface area contributed by atoms with Crippen LogP contribution in [-0.4, -0.2) is 31.0 Å². The van der Waals surface area contributed by atoms with Gasteiger partial charge in [-0.3, -0.25) is 0 Å². The molecule has 0 spiro atoms. The lowest BCUT2D eigenvalue weighted by Crippen LogP contribution is -2.03. The molecule has 1 aromatic heterocycles. The maximum atomic E-state index is 14.4. The maximum Gasteiger partial charge on any atom is 0.168 e. The van der Waals surface area contributed by atoms with Gasteiger partial charge < -0.3 is 14.2 Å². The smallest absolute Gasteiger partial charge is 0.168 e. The molecular formula is C17H21FN2O3. The molecular weight excluding hydrogens is 299 g/mol. The average molecular weight is 320 g/mol. The number of hydrogen-bond acceptors (Lipinski definition) is 5. The molecule has 0 bridgehead atoms. The van der Waals surface area contributed by atoms with Crippen LogP contribution < -0.4 is 4.74 Å². The van der Waals surface area contributed by atoms with Crippen molar-refractivity contribution in [3.63, 3.8) is 0 Å². The quantitative estimate of drug-likeness (QED) is 0.553. The highest BCUT2D eigenvalue weighted by Crippen LogP contribution is 2.24. The van der Waals surface area contributed by atoms with Crippen LogP contribution in [0.25, 0.3) is 0 Å². The highest BCUT2D eigenvalue weighted by molar-refractivity contribution is 5.36. The second-order valence-electron chi connectivity index (χ2n) is 5.16. The minimum absolute atomic E-state index is 0.190. The number of ether oxygens (including phenoxy) is 3. The zero-order valence-corrected chi connectivity index (χ0v) is 13.6. The zero-order chi connectivity index (χ0) is 16.7. The molecule has 1 heterocycles. The van der Waals surface area contributed by atoms with Crippen molar-refractivity contribution in [3.8, 4) is 5.75 Å². The van der Waals surface area contributed by atoms with Crippen molar-refractivity contribution in [2.45, 2.75) is 26.4 Å². The predicted octanol–water partition coefficient (Wildman–Crippen LogP) is 2.84. The molecule has 0 fully saturated rings. The van der Waals surface area contributed by atoms with E-state index in [1.807, 2.05) is 6.92 Å². The van der Waals surface area contributed by atoms with Crippen molar-refractivity contribution in [1.82, 2.24) is 9.97 Å². The van der Waals surface area contributed by atoms with E-state index in [0.29, 0.717) is 25.0 Å². The molecule has 23 heavy (non-hydrogen) atoms. The van der Waals surface area contributed by atoms with Crippen LogP contribution in [0.5, 0.6) is 5.75 Å². The first-order valence-corrected chi connectivity index (χ1v) is 7.33.